The molecule has 0 fully saturated rings. The average molecular weight is 308 g/mol. The van der Waals surface area contributed by atoms with E-state index in [-0.39, 0.29) is 22.5 Å². The van der Waals surface area contributed by atoms with Gasteiger partial charge in [-0.2, -0.15) is 8.42 Å². The van der Waals surface area contributed by atoms with Crippen molar-refractivity contribution in [3.63, 3.8) is 0 Å². The van der Waals surface area contributed by atoms with Crippen molar-refractivity contribution < 1.29 is 17.4 Å². The lowest BCUT2D eigenvalue weighted by Crippen LogP contribution is -2.12. The SMILES string of the molecule is CC(=O)Nc1ccc(S(=O)(=O)Oc2nccnc2N)cc1. The molecule has 0 aliphatic carbocycles. The Hall–Kier alpha value is -2.68. The first kappa shape index (κ1) is 14.7. The number of nitrogens with one attached hydrogen (secondary N) is 1. The average Bonchev–Trinajstić information content (AvgIpc) is 2.41. The first-order valence-corrected chi connectivity index (χ1v) is 7.18. The standard InChI is InChI=1S/C12H12N4O4S/c1-8(17)16-9-2-4-10(5-3-9)21(18,19)20-12-11(13)14-6-7-15-12/h2-7H,1H3,(H2,13,14)(H,16,17). The van der Waals surface area contributed by atoms with Gasteiger partial charge in [0.25, 0.3) is 5.88 Å². The van der Waals surface area contributed by atoms with E-state index in [1.54, 1.807) is 0 Å². The Balaban J connectivity index is 2.24. The number of nitrogen functional groups attached to an aromatic ring is 1. The maximum Gasteiger partial charge on any atom is 0.340 e. The van der Waals surface area contributed by atoms with Crippen molar-refractivity contribution in [2.45, 2.75) is 11.8 Å². The number of aromatic nitrogens is 2. The van der Waals surface area contributed by atoms with Crippen LogP contribution in [0.3, 0.4) is 0 Å². The molecule has 0 radical (unpaired) electrons. The van der Waals surface area contributed by atoms with Gasteiger partial charge < -0.3 is 15.2 Å². The van der Waals surface area contributed by atoms with Crippen LogP contribution in [0.15, 0.2) is 41.6 Å². The van der Waals surface area contributed by atoms with Crippen molar-refractivity contribution >= 4 is 27.5 Å². The maximum absolute atomic E-state index is 12.1. The molecule has 0 spiro atoms. The van der Waals surface area contributed by atoms with Gasteiger partial charge in [-0.3, -0.25) is 4.79 Å². The number of nitrogens with zero attached hydrogens (tertiary/aromatic N) is 2. The smallest absolute Gasteiger partial charge is 0.340 e. The highest BCUT2D eigenvalue weighted by molar-refractivity contribution is 7.87. The van der Waals surface area contributed by atoms with Crippen molar-refractivity contribution in [3.05, 3.63) is 36.7 Å². The normalized spacial score (nSPS) is 10.9. The molecule has 0 saturated heterocycles. The van der Waals surface area contributed by atoms with E-state index < -0.39 is 10.1 Å². The highest BCUT2D eigenvalue weighted by atomic mass is 32.2. The topological polar surface area (TPSA) is 124 Å². The molecule has 0 unspecified atom stereocenters. The third-order valence-electron chi connectivity index (χ3n) is 2.34. The van der Waals surface area contributed by atoms with Crippen LogP contribution in [-0.2, 0) is 14.9 Å². The molecule has 8 nitrogen and oxygen atoms in total. The molecule has 3 N–H and O–H groups in total. The molecule has 0 aliphatic rings. The molecule has 1 aromatic carbocycles. The first-order chi connectivity index (χ1) is 9.88. The summed E-state index contributed by atoms with van der Waals surface area (Å²) in [5, 5.41) is 2.53. The quantitative estimate of drug-likeness (QED) is 0.800. The molecule has 1 amide bonds. The maximum atomic E-state index is 12.1. The van der Waals surface area contributed by atoms with E-state index in [1.165, 1.54) is 43.6 Å². The lowest BCUT2D eigenvalue weighted by atomic mass is 10.3. The second kappa shape index (κ2) is 5.75. The van der Waals surface area contributed by atoms with Crippen LogP contribution in [0.25, 0.3) is 0 Å². The largest absolute Gasteiger partial charge is 0.379 e. The Morgan fingerprint density at radius 3 is 2.38 bits per heavy atom. The van der Waals surface area contributed by atoms with Gasteiger partial charge >= 0.3 is 10.1 Å². The highest BCUT2D eigenvalue weighted by Crippen LogP contribution is 2.21. The van der Waals surface area contributed by atoms with Gasteiger partial charge in [-0.15, -0.1) is 0 Å². The summed E-state index contributed by atoms with van der Waals surface area (Å²) >= 11 is 0. The zero-order valence-electron chi connectivity index (χ0n) is 11.0. The summed E-state index contributed by atoms with van der Waals surface area (Å²) < 4.78 is 28.9. The van der Waals surface area contributed by atoms with Crippen molar-refractivity contribution in [2.75, 3.05) is 11.1 Å². The Morgan fingerprint density at radius 1 is 1.19 bits per heavy atom. The van der Waals surface area contributed by atoms with Crippen LogP contribution in [0, 0.1) is 0 Å². The van der Waals surface area contributed by atoms with Crippen LogP contribution in [0.5, 0.6) is 5.88 Å². The Kier molecular flexibility index (Phi) is 4.03. The molecule has 1 heterocycles. The number of rotatable bonds is 4. The predicted octanol–water partition coefficient (Wildman–Crippen LogP) is 0.785. The number of anilines is 2. The number of nitrogens with two attached hydrogens (primary N) is 1. The van der Waals surface area contributed by atoms with Gasteiger partial charge in [-0.05, 0) is 24.3 Å². The van der Waals surface area contributed by atoms with Crippen molar-refractivity contribution in [2.24, 2.45) is 0 Å². The lowest BCUT2D eigenvalue weighted by molar-refractivity contribution is -0.114. The van der Waals surface area contributed by atoms with E-state index >= 15 is 0 Å². The molecule has 2 rings (SSSR count). The number of benzene rings is 1. The molecule has 2 aromatic rings. The molecule has 9 heteroatoms. The summed E-state index contributed by atoms with van der Waals surface area (Å²) in [5.74, 6) is -0.673. The summed E-state index contributed by atoms with van der Waals surface area (Å²) in [6.07, 6.45) is 2.58. The highest BCUT2D eigenvalue weighted by Gasteiger charge is 2.19. The number of hydrogen-bond donors (Lipinski definition) is 2. The minimum absolute atomic E-state index is 0.0957. The van der Waals surface area contributed by atoms with E-state index in [4.69, 9.17) is 9.92 Å². The summed E-state index contributed by atoms with van der Waals surface area (Å²) in [7, 11) is -4.08. The second-order valence-electron chi connectivity index (χ2n) is 3.99. The zero-order valence-corrected chi connectivity index (χ0v) is 11.8. The monoisotopic (exact) mass is 308 g/mol. The van der Waals surface area contributed by atoms with Gasteiger partial charge in [0.15, 0.2) is 5.82 Å². The minimum atomic E-state index is -4.08. The van der Waals surface area contributed by atoms with Crippen molar-refractivity contribution in [1.29, 1.82) is 0 Å². The van der Waals surface area contributed by atoms with Crippen LogP contribution < -0.4 is 15.2 Å². The van der Waals surface area contributed by atoms with Gasteiger partial charge in [0, 0.05) is 25.0 Å². The van der Waals surface area contributed by atoms with E-state index in [9.17, 15) is 13.2 Å². The van der Waals surface area contributed by atoms with Crippen LogP contribution in [0.2, 0.25) is 0 Å². The summed E-state index contributed by atoms with van der Waals surface area (Å²) in [4.78, 5) is 18.2. The fourth-order valence-electron chi connectivity index (χ4n) is 1.46. The van der Waals surface area contributed by atoms with Gasteiger partial charge in [-0.1, -0.05) is 0 Å². The van der Waals surface area contributed by atoms with Gasteiger partial charge in [0.2, 0.25) is 5.91 Å². The molecule has 1 aromatic heterocycles. The van der Waals surface area contributed by atoms with Crippen molar-refractivity contribution in [1.82, 2.24) is 9.97 Å². The Bertz CT molecular complexity index is 759. The summed E-state index contributed by atoms with van der Waals surface area (Å²) in [5.41, 5.74) is 5.95. The number of amides is 1. The molecule has 0 bridgehead atoms. The number of carbonyl (C=O) groups excluding carboxylic acids is 1. The molecular weight excluding hydrogens is 296 g/mol. The second-order valence-corrected chi connectivity index (χ2v) is 5.54. The van der Waals surface area contributed by atoms with E-state index in [0.29, 0.717) is 5.69 Å². The van der Waals surface area contributed by atoms with Gasteiger partial charge in [0.1, 0.15) is 4.90 Å². The fraction of sp³-hybridized carbons (Fsp3) is 0.0833. The van der Waals surface area contributed by atoms with Crippen LogP contribution >= 0.6 is 0 Å². The Morgan fingerprint density at radius 2 is 1.81 bits per heavy atom. The molecule has 0 aliphatic heterocycles. The molecule has 0 saturated carbocycles. The fourth-order valence-corrected chi connectivity index (χ4v) is 2.36. The van der Waals surface area contributed by atoms with E-state index in [1.807, 2.05) is 0 Å². The minimum Gasteiger partial charge on any atom is -0.379 e. The van der Waals surface area contributed by atoms with Gasteiger partial charge in [0.05, 0.1) is 0 Å². The van der Waals surface area contributed by atoms with Crippen LogP contribution in [0.4, 0.5) is 11.5 Å². The number of carbonyl (C=O) groups is 1. The molecular formula is C12H12N4O4S. The molecule has 0 atom stereocenters. The van der Waals surface area contributed by atoms with Crippen molar-refractivity contribution in [3.8, 4) is 5.88 Å². The van der Waals surface area contributed by atoms with Crippen LogP contribution in [0.1, 0.15) is 6.92 Å². The summed E-state index contributed by atoms with van der Waals surface area (Å²) in [6, 6.07) is 5.48. The first-order valence-electron chi connectivity index (χ1n) is 5.77. The summed E-state index contributed by atoms with van der Waals surface area (Å²) in [6.45, 7) is 1.35. The van der Waals surface area contributed by atoms with E-state index in [0.717, 1.165) is 0 Å². The third kappa shape index (κ3) is 3.66. The van der Waals surface area contributed by atoms with Crippen LogP contribution in [-0.4, -0.2) is 24.3 Å². The lowest BCUT2D eigenvalue weighted by Gasteiger charge is -2.08. The van der Waals surface area contributed by atoms with E-state index in [2.05, 4.69) is 15.3 Å². The molecule has 110 valence electrons. The zero-order chi connectivity index (χ0) is 15.5. The third-order valence-corrected chi connectivity index (χ3v) is 3.57. The van der Waals surface area contributed by atoms with Gasteiger partial charge in [-0.25, -0.2) is 9.97 Å². The predicted molar refractivity (Wildman–Crippen MR) is 75.0 cm³/mol. The number of hydrogen-bond acceptors (Lipinski definition) is 7. The Labute approximate surface area is 121 Å². The molecule has 21 heavy (non-hydrogen) atoms.